The number of hydrogen-bond acceptors (Lipinski definition) is 3. The number of nitrogens with zero attached hydrogens (tertiary/aromatic N) is 4. The fraction of sp³-hybridized carbons (Fsp3) is 0.0625. The Morgan fingerprint density at radius 1 is 0.952 bits per heavy atom. The number of aryl methyl sites for hydroxylation is 1. The zero-order valence-electron chi connectivity index (χ0n) is 11.3. The van der Waals surface area contributed by atoms with Gasteiger partial charge < -0.3 is 0 Å². The normalized spacial score (nSPS) is 11.3. The Hall–Kier alpha value is -2.82. The van der Waals surface area contributed by atoms with Crippen molar-refractivity contribution >= 4 is 16.7 Å². The molecule has 0 saturated heterocycles. The summed E-state index contributed by atoms with van der Waals surface area (Å²) in [6.45, 7) is 1.88. The summed E-state index contributed by atoms with van der Waals surface area (Å²) in [4.78, 5) is 4.52. The highest BCUT2D eigenvalue weighted by molar-refractivity contribution is 5.81. The summed E-state index contributed by atoms with van der Waals surface area (Å²) < 4.78 is 15.9. The molecule has 0 aliphatic carbocycles. The van der Waals surface area contributed by atoms with E-state index in [-0.39, 0.29) is 5.82 Å². The first kappa shape index (κ1) is 12.0. The van der Waals surface area contributed by atoms with Gasteiger partial charge in [-0.15, -0.1) is 10.2 Å². The fourth-order valence-electron chi connectivity index (χ4n) is 2.54. The van der Waals surface area contributed by atoms with Gasteiger partial charge in [-0.05, 0) is 31.2 Å². The molecule has 4 nitrogen and oxygen atoms in total. The number of benzene rings is 2. The predicted octanol–water partition coefficient (Wildman–Crippen LogP) is 3.39. The lowest BCUT2D eigenvalue weighted by atomic mass is 10.2. The second-order valence-corrected chi connectivity index (χ2v) is 4.85. The number of halogens is 1. The molecule has 0 bridgehead atoms. The van der Waals surface area contributed by atoms with Crippen LogP contribution in [0.1, 0.15) is 5.69 Å². The van der Waals surface area contributed by atoms with Crippen molar-refractivity contribution in [2.24, 2.45) is 0 Å². The molecule has 21 heavy (non-hydrogen) atoms. The summed E-state index contributed by atoms with van der Waals surface area (Å²) in [5.41, 5.74) is 3.54. The van der Waals surface area contributed by atoms with Gasteiger partial charge in [0.25, 0.3) is 0 Å². The van der Waals surface area contributed by atoms with E-state index in [9.17, 15) is 4.39 Å². The average Bonchev–Trinajstić information content (AvgIpc) is 2.93. The van der Waals surface area contributed by atoms with Crippen molar-refractivity contribution in [2.75, 3.05) is 0 Å². The molecule has 0 spiro atoms. The van der Waals surface area contributed by atoms with Crippen LogP contribution in [0.5, 0.6) is 0 Å². The lowest BCUT2D eigenvalue weighted by Gasteiger charge is -2.06. The molecule has 0 aliphatic heterocycles. The summed E-state index contributed by atoms with van der Waals surface area (Å²) in [7, 11) is 0. The molecule has 0 radical (unpaired) electrons. The molecule has 0 amide bonds. The SMILES string of the molecule is Cc1nc2ccccc2n2c(-c3ccccc3F)nnc12. The van der Waals surface area contributed by atoms with Crippen LogP contribution in [0.3, 0.4) is 0 Å². The molecule has 0 N–H and O–H groups in total. The summed E-state index contributed by atoms with van der Waals surface area (Å²) >= 11 is 0. The monoisotopic (exact) mass is 278 g/mol. The van der Waals surface area contributed by atoms with E-state index in [1.807, 2.05) is 35.6 Å². The van der Waals surface area contributed by atoms with E-state index < -0.39 is 0 Å². The van der Waals surface area contributed by atoms with E-state index in [1.165, 1.54) is 6.07 Å². The Labute approximate surface area is 119 Å². The van der Waals surface area contributed by atoms with Crippen LogP contribution in [0.2, 0.25) is 0 Å². The predicted molar refractivity (Wildman–Crippen MR) is 78.4 cm³/mol. The van der Waals surface area contributed by atoms with E-state index in [0.29, 0.717) is 17.0 Å². The zero-order valence-corrected chi connectivity index (χ0v) is 11.3. The van der Waals surface area contributed by atoms with Gasteiger partial charge in [0.1, 0.15) is 5.82 Å². The molecule has 0 unspecified atom stereocenters. The molecule has 102 valence electrons. The highest BCUT2D eigenvalue weighted by Gasteiger charge is 2.16. The first-order valence-corrected chi connectivity index (χ1v) is 6.61. The summed E-state index contributed by atoms with van der Waals surface area (Å²) in [5.74, 6) is 0.176. The van der Waals surface area contributed by atoms with Crippen molar-refractivity contribution in [3.8, 4) is 11.4 Å². The van der Waals surface area contributed by atoms with Crippen LogP contribution < -0.4 is 0 Å². The van der Waals surface area contributed by atoms with Gasteiger partial charge in [0.15, 0.2) is 11.5 Å². The molecule has 4 rings (SSSR count). The Balaban J connectivity index is 2.19. The first-order valence-electron chi connectivity index (χ1n) is 6.61. The maximum Gasteiger partial charge on any atom is 0.183 e. The molecule has 4 aromatic rings. The number of fused-ring (bicyclic) bond motifs is 3. The van der Waals surface area contributed by atoms with Crippen LogP contribution in [0.25, 0.3) is 28.1 Å². The molecular weight excluding hydrogens is 267 g/mol. The molecule has 0 aliphatic rings. The second kappa shape index (κ2) is 4.34. The minimum absolute atomic E-state index is 0.314. The lowest BCUT2D eigenvalue weighted by Crippen LogP contribution is -1.98. The van der Waals surface area contributed by atoms with Crippen molar-refractivity contribution in [1.29, 1.82) is 0 Å². The zero-order chi connectivity index (χ0) is 14.4. The number of para-hydroxylation sites is 2. The van der Waals surface area contributed by atoms with Crippen molar-refractivity contribution in [1.82, 2.24) is 19.6 Å². The van der Waals surface area contributed by atoms with Crippen LogP contribution in [-0.4, -0.2) is 19.6 Å². The summed E-state index contributed by atoms with van der Waals surface area (Å²) in [6.07, 6.45) is 0. The number of aromatic nitrogens is 4. The van der Waals surface area contributed by atoms with Gasteiger partial charge >= 0.3 is 0 Å². The Morgan fingerprint density at radius 2 is 1.71 bits per heavy atom. The molecule has 0 fully saturated rings. The van der Waals surface area contributed by atoms with E-state index >= 15 is 0 Å². The van der Waals surface area contributed by atoms with E-state index in [1.54, 1.807) is 18.2 Å². The van der Waals surface area contributed by atoms with Crippen molar-refractivity contribution in [3.63, 3.8) is 0 Å². The summed E-state index contributed by atoms with van der Waals surface area (Å²) in [5, 5.41) is 8.34. The van der Waals surface area contributed by atoms with Crippen molar-refractivity contribution < 1.29 is 4.39 Å². The van der Waals surface area contributed by atoms with Gasteiger partial charge in [0, 0.05) is 0 Å². The maximum absolute atomic E-state index is 14.1. The van der Waals surface area contributed by atoms with Gasteiger partial charge in [-0.2, -0.15) is 0 Å². The van der Waals surface area contributed by atoms with E-state index in [2.05, 4.69) is 15.2 Å². The van der Waals surface area contributed by atoms with Crippen molar-refractivity contribution in [3.05, 3.63) is 60.0 Å². The third-order valence-electron chi connectivity index (χ3n) is 3.51. The van der Waals surface area contributed by atoms with Gasteiger partial charge in [0.05, 0.1) is 22.3 Å². The largest absolute Gasteiger partial charge is 0.272 e. The minimum atomic E-state index is -0.314. The number of rotatable bonds is 1. The van der Waals surface area contributed by atoms with Gasteiger partial charge in [-0.25, -0.2) is 9.37 Å². The van der Waals surface area contributed by atoms with Crippen LogP contribution in [-0.2, 0) is 0 Å². The lowest BCUT2D eigenvalue weighted by molar-refractivity contribution is 0.630. The third kappa shape index (κ3) is 1.71. The van der Waals surface area contributed by atoms with E-state index in [0.717, 1.165) is 16.7 Å². The minimum Gasteiger partial charge on any atom is -0.272 e. The second-order valence-electron chi connectivity index (χ2n) is 4.85. The van der Waals surface area contributed by atoms with Gasteiger partial charge in [0.2, 0.25) is 0 Å². The highest BCUT2D eigenvalue weighted by Crippen LogP contribution is 2.25. The molecule has 2 aromatic carbocycles. The summed E-state index contributed by atoms with van der Waals surface area (Å²) in [6, 6.07) is 14.3. The highest BCUT2D eigenvalue weighted by atomic mass is 19.1. The molecule has 0 saturated carbocycles. The molecular formula is C16H11FN4. The topological polar surface area (TPSA) is 43.1 Å². The fourth-order valence-corrected chi connectivity index (χ4v) is 2.54. The van der Waals surface area contributed by atoms with Crippen LogP contribution in [0.4, 0.5) is 4.39 Å². The van der Waals surface area contributed by atoms with Crippen molar-refractivity contribution in [2.45, 2.75) is 6.92 Å². The smallest absolute Gasteiger partial charge is 0.183 e. The Bertz CT molecular complexity index is 975. The average molecular weight is 278 g/mol. The standard InChI is InChI=1S/C16H11FN4/c1-10-15-19-20-16(11-6-2-3-7-12(11)17)21(15)14-9-5-4-8-13(14)18-10/h2-9H,1H3. The van der Waals surface area contributed by atoms with Gasteiger partial charge in [-0.3, -0.25) is 4.40 Å². The van der Waals surface area contributed by atoms with Crippen LogP contribution in [0.15, 0.2) is 48.5 Å². The Morgan fingerprint density at radius 3 is 2.57 bits per heavy atom. The number of hydrogen-bond donors (Lipinski definition) is 0. The maximum atomic E-state index is 14.1. The van der Waals surface area contributed by atoms with E-state index in [4.69, 9.17) is 0 Å². The van der Waals surface area contributed by atoms with Gasteiger partial charge in [-0.1, -0.05) is 24.3 Å². The molecule has 2 heterocycles. The third-order valence-corrected chi connectivity index (χ3v) is 3.51. The molecule has 0 atom stereocenters. The van der Waals surface area contributed by atoms with Crippen LogP contribution >= 0.6 is 0 Å². The van der Waals surface area contributed by atoms with Crippen LogP contribution in [0, 0.1) is 12.7 Å². The molecule has 5 heteroatoms. The first-order chi connectivity index (χ1) is 10.3. The Kier molecular flexibility index (Phi) is 2.47. The quantitative estimate of drug-likeness (QED) is 0.536. The molecule has 2 aromatic heterocycles.